The number of pyridine rings is 1. The first-order valence-corrected chi connectivity index (χ1v) is 8.99. The molecule has 0 saturated heterocycles. The molecule has 4 aromatic heterocycles. The maximum absolute atomic E-state index is 13.3. The lowest BCUT2D eigenvalue weighted by Crippen LogP contribution is -2.11. The largest absolute Gasteiger partial charge is 0.294 e. The second kappa shape index (κ2) is 7.19. The third-order valence-electron chi connectivity index (χ3n) is 4.28. The average Bonchev–Trinajstić information content (AvgIpc) is 3.42. The highest BCUT2D eigenvalue weighted by molar-refractivity contribution is 9.10. The number of Topliss-reactive ketones (excluding diaryl/α,β-unsaturated/α-hetero) is 1. The van der Waals surface area contributed by atoms with Gasteiger partial charge < -0.3 is 0 Å². The number of alkyl halides is 2. The summed E-state index contributed by atoms with van der Waals surface area (Å²) in [6.07, 6.45) is 2.86. The highest BCUT2D eigenvalue weighted by Crippen LogP contribution is 2.27. The summed E-state index contributed by atoms with van der Waals surface area (Å²) in [7, 11) is 0. The number of rotatable bonds is 6. The van der Waals surface area contributed by atoms with Crippen molar-refractivity contribution >= 4 is 27.4 Å². The van der Waals surface area contributed by atoms with E-state index < -0.39 is 6.43 Å². The molecule has 12 heteroatoms. The van der Waals surface area contributed by atoms with Gasteiger partial charge in [-0.3, -0.25) is 14.3 Å². The minimum atomic E-state index is -2.78. The zero-order chi connectivity index (χ0) is 19.8. The molecule has 0 saturated carbocycles. The number of aromatic amines is 1. The van der Waals surface area contributed by atoms with Crippen LogP contribution in [0.15, 0.2) is 35.6 Å². The summed E-state index contributed by atoms with van der Waals surface area (Å²) in [5, 5.41) is 13.9. The molecule has 28 heavy (non-hydrogen) atoms. The van der Waals surface area contributed by atoms with Crippen LogP contribution in [-0.2, 0) is 0 Å². The number of nitrogens with zero attached hydrogens (tertiary/aromatic N) is 7. The molecule has 1 atom stereocenters. The number of hydrogen-bond acceptors (Lipinski definition) is 6. The number of carbonyl (C=O) groups is 1. The Labute approximate surface area is 164 Å². The van der Waals surface area contributed by atoms with E-state index in [1.807, 2.05) is 6.92 Å². The van der Waals surface area contributed by atoms with Crippen LogP contribution in [0, 0.1) is 0 Å². The summed E-state index contributed by atoms with van der Waals surface area (Å²) >= 11 is 3.35. The Kier molecular flexibility index (Phi) is 4.71. The Balaban J connectivity index is 1.78. The quantitative estimate of drug-likeness (QED) is 0.452. The van der Waals surface area contributed by atoms with E-state index in [0.29, 0.717) is 21.6 Å². The minimum absolute atomic E-state index is 0.158. The van der Waals surface area contributed by atoms with Gasteiger partial charge in [0.1, 0.15) is 28.1 Å². The van der Waals surface area contributed by atoms with E-state index in [1.165, 1.54) is 18.6 Å². The minimum Gasteiger partial charge on any atom is -0.294 e. The highest BCUT2D eigenvalue weighted by atomic mass is 79.9. The molecule has 0 spiro atoms. The zero-order valence-corrected chi connectivity index (χ0v) is 16.0. The first-order valence-electron chi connectivity index (χ1n) is 8.20. The molecule has 1 unspecified atom stereocenters. The average molecular weight is 451 g/mol. The summed E-state index contributed by atoms with van der Waals surface area (Å²) in [6, 6.07) is 1.49. The topological polar surface area (TPSA) is 107 Å². The van der Waals surface area contributed by atoms with Gasteiger partial charge in [0.2, 0.25) is 0 Å². The van der Waals surface area contributed by atoms with Gasteiger partial charge in [0.15, 0.2) is 11.4 Å². The van der Waals surface area contributed by atoms with Gasteiger partial charge in [-0.1, -0.05) is 12.1 Å². The molecular formula is C16H13BrF2N8O. The number of hydrogen-bond donors (Lipinski definition) is 1. The summed E-state index contributed by atoms with van der Waals surface area (Å²) in [5.41, 5.74) is 0.528. The van der Waals surface area contributed by atoms with Crippen molar-refractivity contribution in [2.45, 2.75) is 25.7 Å². The molecule has 9 nitrogen and oxygen atoms in total. The van der Waals surface area contributed by atoms with Crippen molar-refractivity contribution in [3.05, 3.63) is 52.7 Å². The Bertz CT molecular complexity index is 1140. The Morgan fingerprint density at radius 1 is 1.32 bits per heavy atom. The fourth-order valence-corrected chi connectivity index (χ4v) is 3.25. The molecular weight excluding hydrogens is 438 g/mol. The van der Waals surface area contributed by atoms with Gasteiger partial charge >= 0.3 is 0 Å². The molecule has 0 fully saturated rings. The lowest BCUT2D eigenvalue weighted by Gasteiger charge is -2.12. The van der Waals surface area contributed by atoms with Crippen LogP contribution < -0.4 is 0 Å². The second-order valence-electron chi connectivity index (χ2n) is 6.16. The summed E-state index contributed by atoms with van der Waals surface area (Å²) in [5.74, 6) is 0.212. The van der Waals surface area contributed by atoms with Gasteiger partial charge in [0.05, 0.1) is 12.4 Å². The van der Waals surface area contributed by atoms with Crippen LogP contribution in [0.4, 0.5) is 8.78 Å². The number of H-pyrrole nitrogens is 1. The van der Waals surface area contributed by atoms with E-state index in [1.54, 1.807) is 10.6 Å². The van der Waals surface area contributed by atoms with Crippen molar-refractivity contribution in [1.29, 1.82) is 0 Å². The molecule has 0 aromatic carbocycles. The molecule has 1 N–H and O–H groups in total. The summed E-state index contributed by atoms with van der Waals surface area (Å²) in [4.78, 5) is 21.1. The van der Waals surface area contributed by atoms with Crippen molar-refractivity contribution in [2.24, 2.45) is 0 Å². The van der Waals surface area contributed by atoms with Gasteiger partial charge in [0, 0.05) is 24.1 Å². The van der Waals surface area contributed by atoms with Gasteiger partial charge in [-0.05, 0) is 22.0 Å². The molecule has 0 aliphatic rings. The first kappa shape index (κ1) is 18.3. The van der Waals surface area contributed by atoms with Crippen LogP contribution in [0.25, 0.3) is 11.3 Å². The molecule has 4 aromatic rings. The van der Waals surface area contributed by atoms with Crippen LogP contribution in [-0.4, -0.2) is 45.3 Å². The third-order valence-corrected chi connectivity index (χ3v) is 4.87. The third kappa shape index (κ3) is 3.19. The van der Waals surface area contributed by atoms with Crippen molar-refractivity contribution in [2.75, 3.05) is 0 Å². The van der Waals surface area contributed by atoms with Crippen LogP contribution in [0.1, 0.15) is 47.6 Å². The van der Waals surface area contributed by atoms with Crippen molar-refractivity contribution < 1.29 is 13.6 Å². The van der Waals surface area contributed by atoms with Gasteiger partial charge in [-0.2, -0.15) is 5.10 Å². The van der Waals surface area contributed by atoms with E-state index in [9.17, 15) is 13.6 Å². The van der Waals surface area contributed by atoms with E-state index >= 15 is 0 Å². The summed E-state index contributed by atoms with van der Waals surface area (Å²) < 4.78 is 29.8. The SMILES string of the molecule is CC(CC(=O)c1cc(-n2nncc2C(F)F)c2ncc(Br)n2c1)c1ncn[nH]1. The molecule has 4 rings (SSSR count). The van der Waals surface area contributed by atoms with Crippen molar-refractivity contribution in [3.63, 3.8) is 0 Å². The fraction of sp³-hybridized carbons (Fsp3) is 0.250. The van der Waals surface area contributed by atoms with E-state index in [0.717, 1.165) is 10.9 Å². The standard InChI is InChI=1S/C16H13BrF2N8O/c1-8(15-21-7-23-24-15)2-12(28)9-3-10(16-20-5-13(17)26(16)6-9)27-11(14(18)19)4-22-25-27/h3-8,14H,2H2,1H3,(H,21,23,24). The number of fused-ring (bicyclic) bond motifs is 1. The highest BCUT2D eigenvalue weighted by Gasteiger charge is 2.22. The molecule has 4 heterocycles. The lowest BCUT2D eigenvalue weighted by atomic mass is 10.00. The number of halogens is 3. The van der Waals surface area contributed by atoms with E-state index in [4.69, 9.17) is 0 Å². The number of carbonyl (C=O) groups excluding carboxylic acids is 1. The van der Waals surface area contributed by atoms with E-state index in [2.05, 4.69) is 46.4 Å². The fourth-order valence-electron chi connectivity index (χ4n) is 2.87. The van der Waals surface area contributed by atoms with Gasteiger partial charge in [-0.15, -0.1) is 5.10 Å². The maximum atomic E-state index is 13.3. The van der Waals surface area contributed by atoms with Crippen LogP contribution in [0.3, 0.4) is 0 Å². The number of imidazole rings is 1. The maximum Gasteiger partial charge on any atom is 0.282 e. The van der Waals surface area contributed by atoms with E-state index in [-0.39, 0.29) is 29.5 Å². The lowest BCUT2D eigenvalue weighted by molar-refractivity contribution is 0.0974. The van der Waals surface area contributed by atoms with Crippen molar-refractivity contribution in [3.8, 4) is 5.69 Å². The van der Waals surface area contributed by atoms with Crippen molar-refractivity contribution in [1.82, 2.24) is 39.6 Å². The van der Waals surface area contributed by atoms with Crippen LogP contribution in [0.2, 0.25) is 0 Å². The first-order chi connectivity index (χ1) is 13.5. The molecule has 0 aliphatic heterocycles. The number of ketones is 1. The Morgan fingerprint density at radius 2 is 2.14 bits per heavy atom. The second-order valence-corrected chi connectivity index (χ2v) is 6.97. The summed E-state index contributed by atoms with van der Waals surface area (Å²) in [6.45, 7) is 1.84. The molecule has 0 bridgehead atoms. The molecule has 0 aliphatic carbocycles. The van der Waals surface area contributed by atoms with Crippen LogP contribution in [0.5, 0.6) is 0 Å². The molecule has 0 amide bonds. The molecule has 144 valence electrons. The Morgan fingerprint density at radius 3 is 2.86 bits per heavy atom. The number of nitrogens with one attached hydrogen (secondary N) is 1. The van der Waals surface area contributed by atoms with Gasteiger partial charge in [0.25, 0.3) is 6.43 Å². The predicted molar refractivity (Wildman–Crippen MR) is 96.5 cm³/mol. The van der Waals surface area contributed by atoms with Crippen LogP contribution >= 0.6 is 15.9 Å². The smallest absolute Gasteiger partial charge is 0.282 e. The van der Waals surface area contributed by atoms with Gasteiger partial charge in [-0.25, -0.2) is 23.4 Å². The monoisotopic (exact) mass is 450 g/mol. The predicted octanol–water partition coefficient (Wildman–Crippen LogP) is 3.11. The zero-order valence-electron chi connectivity index (χ0n) is 14.4. The molecule has 0 radical (unpaired) electrons. The Hall–Kier alpha value is -3.02. The normalized spacial score (nSPS) is 12.8. The number of aromatic nitrogens is 8.